The fraction of sp³-hybridized carbons (Fsp3) is 0.188. The summed E-state index contributed by atoms with van der Waals surface area (Å²) in [6, 6.07) is 10.7. The molecule has 0 aliphatic rings. The Morgan fingerprint density at radius 3 is 2.81 bits per heavy atom. The number of amides is 1. The molecule has 2 aromatic carbocycles. The van der Waals surface area contributed by atoms with Gasteiger partial charge < -0.3 is 15.8 Å². The maximum atomic E-state index is 12.3. The van der Waals surface area contributed by atoms with Crippen LogP contribution in [0.15, 0.2) is 40.9 Å². The van der Waals surface area contributed by atoms with E-state index in [4.69, 9.17) is 10.5 Å². The lowest BCUT2D eigenvalue weighted by Crippen LogP contribution is -2.13. The summed E-state index contributed by atoms with van der Waals surface area (Å²) in [5.41, 5.74) is 8.51. The molecule has 110 valence electrons. The van der Waals surface area contributed by atoms with Crippen LogP contribution in [0, 0.1) is 6.92 Å². The largest absolute Gasteiger partial charge is 0.494 e. The van der Waals surface area contributed by atoms with E-state index < -0.39 is 0 Å². The highest BCUT2D eigenvalue weighted by atomic mass is 79.9. The minimum atomic E-state index is -0.218. The third-order valence-electron chi connectivity index (χ3n) is 3.02. The highest BCUT2D eigenvalue weighted by Crippen LogP contribution is 2.25. The van der Waals surface area contributed by atoms with Crippen LogP contribution in [0.4, 0.5) is 11.4 Å². The summed E-state index contributed by atoms with van der Waals surface area (Å²) in [6.07, 6.45) is 0. The normalized spacial score (nSPS) is 10.2. The zero-order valence-electron chi connectivity index (χ0n) is 11.9. The van der Waals surface area contributed by atoms with Gasteiger partial charge in [0, 0.05) is 27.5 Å². The van der Waals surface area contributed by atoms with Crippen molar-refractivity contribution < 1.29 is 9.53 Å². The number of ether oxygens (including phenoxy) is 1. The van der Waals surface area contributed by atoms with Crippen molar-refractivity contribution in [1.29, 1.82) is 0 Å². The van der Waals surface area contributed by atoms with Crippen molar-refractivity contribution in [1.82, 2.24) is 0 Å². The van der Waals surface area contributed by atoms with E-state index in [2.05, 4.69) is 21.2 Å². The minimum absolute atomic E-state index is 0.218. The van der Waals surface area contributed by atoms with Crippen molar-refractivity contribution in [3.8, 4) is 5.75 Å². The highest BCUT2D eigenvalue weighted by Gasteiger charge is 2.11. The van der Waals surface area contributed by atoms with E-state index in [0.717, 1.165) is 15.7 Å². The molecule has 0 atom stereocenters. The molecule has 21 heavy (non-hydrogen) atoms. The number of carbonyl (C=O) groups excluding carboxylic acids is 1. The van der Waals surface area contributed by atoms with Gasteiger partial charge in [-0.2, -0.15) is 0 Å². The van der Waals surface area contributed by atoms with Crippen LogP contribution in [0.1, 0.15) is 22.8 Å². The first-order valence-electron chi connectivity index (χ1n) is 6.61. The average Bonchev–Trinajstić information content (AvgIpc) is 2.43. The Hall–Kier alpha value is -2.01. The van der Waals surface area contributed by atoms with E-state index in [-0.39, 0.29) is 5.91 Å². The molecule has 0 heterocycles. The van der Waals surface area contributed by atoms with Crippen molar-refractivity contribution in [2.24, 2.45) is 0 Å². The van der Waals surface area contributed by atoms with Crippen molar-refractivity contribution in [2.45, 2.75) is 13.8 Å². The molecule has 5 heteroatoms. The molecular weight excluding hydrogens is 332 g/mol. The van der Waals surface area contributed by atoms with Gasteiger partial charge in [0.15, 0.2) is 0 Å². The Morgan fingerprint density at radius 1 is 1.33 bits per heavy atom. The zero-order valence-corrected chi connectivity index (χ0v) is 13.5. The molecule has 0 saturated heterocycles. The molecule has 0 bridgehead atoms. The van der Waals surface area contributed by atoms with Crippen LogP contribution < -0.4 is 15.8 Å². The van der Waals surface area contributed by atoms with Gasteiger partial charge in [0.2, 0.25) is 0 Å². The molecule has 2 aromatic rings. The molecule has 1 amide bonds. The van der Waals surface area contributed by atoms with Crippen LogP contribution in [-0.4, -0.2) is 12.5 Å². The monoisotopic (exact) mass is 348 g/mol. The van der Waals surface area contributed by atoms with Crippen LogP contribution in [0.25, 0.3) is 0 Å². The van der Waals surface area contributed by atoms with Crippen LogP contribution in [0.5, 0.6) is 5.75 Å². The summed E-state index contributed by atoms with van der Waals surface area (Å²) >= 11 is 3.44. The molecule has 2 rings (SSSR count). The molecule has 0 saturated carbocycles. The number of anilines is 2. The van der Waals surface area contributed by atoms with Crippen molar-refractivity contribution in [2.75, 3.05) is 17.7 Å². The highest BCUT2D eigenvalue weighted by molar-refractivity contribution is 9.10. The fourth-order valence-corrected chi connectivity index (χ4v) is 2.31. The molecule has 0 aliphatic carbocycles. The van der Waals surface area contributed by atoms with Gasteiger partial charge in [0.05, 0.1) is 6.61 Å². The van der Waals surface area contributed by atoms with Gasteiger partial charge in [-0.1, -0.05) is 22.0 Å². The third kappa shape index (κ3) is 3.76. The predicted octanol–water partition coefficient (Wildman–Crippen LogP) is 3.99. The topological polar surface area (TPSA) is 64.3 Å². The first-order valence-corrected chi connectivity index (χ1v) is 7.40. The number of hydrogen-bond acceptors (Lipinski definition) is 3. The van der Waals surface area contributed by atoms with Gasteiger partial charge in [0.1, 0.15) is 5.75 Å². The molecular formula is C16H17BrN2O2. The molecule has 0 fully saturated rings. The second-order valence-corrected chi connectivity index (χ2v) is 5.44. The van der Waals surface area contributed by atoms with Crippen molar-refractivity contribution in [3.63, 3.8) is 0 Å². The lowest BCUT2D eigenvalue weighted by Gasteiger charge is -2.11. The van der Waals surface area contributed by atoms with E-state index in [1.54, 1.807) is 18.2 Å². The van der Waals surface area contributed by atoms with E-state index in [1.165, 1.54) is 0 Å². The van der Waals surface area contributed by atoms with E-state index >= 15 is 0 Å². The standard InChI is InChI=1S/C16H17BrN2O2/c1-3-21-13-8-11(7-12(18)9-13)16(20)19-15-6-4-5-14(17)10(15)2/h4-9H,3,18H2,1-2H3,(H,19,20). The Bertz CT molecular complexity index is 671. The molecule has 0 aromatic heterocycles. The quantitative estimate of drug-likeness (QED) is 0.821. The maximum absolute atomic E-state index is 12.3. The molecule has 0 spiro atoms. The van der Waals surface area contributed by atoms with Gasteiger partial charge in [-0.25, -0.2) is 0 Å². The maximum Gasteiger partial charge on any atom is 0.255 e. The molecule has 4 nitrogen and oxygen atoms in total. The number of nitrogen functional groups attached to an aromatic ring is 1. The van der Waals surface area contributed by atoms with Gasteiger partial charge >= 0.3 is 0 Å². The Balaban J connectivity index is 2.26. The van der Waals surface area contributed by atoms with Crippen molar-refractivity contribution >= 4 is 33.2 Å². The summed E-state index contributed by atoms with van der Waals surface area (Å²) in [4.78, 5) is 12.3. The first-order chi connectivity index (χ1) is 10.0. The van der Waals surface area contributed by atoms with E-state index in [0.29, 0.717) is 23.6 Å². The summed E-state index contributed by atoms with van der Waals surface area (Å²) in [6.45, 7) is 4.34. The number of benzene rings is 2. The minimum Gasteiger partial charge on any atom is -0.494 e. The van der Waals surface area contributed by atoms with Crippen LogP contribution in [-0.2, 0) is 0 Å². The Kier molecular flexibility index (Phi) is 4.85. The number of rotatable bonds is 4. The fourth-order valence-electron chi connectivity index (χ4n) is 1.94. The lowest BCUT2D eigenvalue weighted by molar-refractivity contribution is 0.102. The summed E-state index contributed by atoms with van der Waals surface area (Å²) in [7, 11) is 0. The van der Waals surface area contributed by atoms with Crippen molar-refractivity contribution in [3.05, 3.63) is 52.0 Å². The Labute approximate surface area is 132 Å². The van der Waals surface area contributed by atoms with E-state index in [1.807, 2.05) is 32.0 Å². The second kappa shape index (κ2) is 6.63. The molecule has 3 N–H and O–H groups in total. The number of nitrogens with two attached hydrogens (primary N) is 1. The van der Waals surface area contributed by atoms with Gasteiger partial charge in [-0.3, -0.25) is 4.79 Å². The Morgan fingerprint density at radius 2 is 2.10 bits per heavy atom. The van der Waals surface area contributed by atoms with Crippen LogP contribution in [0.2, 0.25) is 0 Å². The smallest absolute Gasteiger partial charge is 0.255 e. The van der Waals surface area contributed by atoms with Crippen LogP contribution >= 0.6 is 15.9 Å². The number of hydrogen-bond donors (Lipinski definition) is 2. The number of halogens is 1. The number of nitrogens with one attached hydrogen (secondary N) is 1. The summed E-state index contributed by atoms with van der Waals surface area (Å²) < 4.78 is 6.35. The second-order valence-electron chi connectivity index (χ2n) is 4.59. The molecule has 0 aliphatic heterocycles. The number of carbonyl (C=O) groups is 1. The van der Waals surface area contributed by atoms with Crippen LogP contribution in [0.3, 0.4) is 0 Å². The lowest BCUT2D eigenvalue weighted by atomic mass is 10.1. The first kappa shape index (κ1) is 15.4. The summed E-state index contributed by atoms with van der Waals surface area (Å²) in [5.74, 6) is 0.373. The SMILES string of the molecule is CCOc1cc(N)cc(C(=O)Nc2cccc(Br)c2C)c1. The zero-order chi connectivity index (χ0) is 15.4. The van der Waals surface area contributed by atoms with Gasteiger partial charge in [0.25, 0.3) is 5.91 Å². The molecule has 0 unspecified atom stereocenters. The predicted molar refractivity (Wildman–Crippen MR) is 88.9 cm³/mol. The molecule has 0 radical (unpaired) electrons. The summed E-state index contributed by atoms with van der Waals surface area (Å²) in [5, 5.41) is 2.88. The third-order valence-corrected chi connectivity index (χ3v) is 3.88. The van der Waals surface area contributed by atoms with Gasteiger partial charge in [-0.05, 0) is 43.7 Å². The van der Waals surface area contributed by atoms with Gasteiger partial charge in [-0.15, -0.1) is 0 Å². The average molecular weight is 349 g/mol. The van der Waals surface area contributed by atoms with E-state index in [9.17, 15) is 4.79 Å².